The van der Waals surface area contributed by atoms with E-state index in [2.05, 4.69) is 20.6 Å². The number of alkyl carbamates (subject to hydrolysis) is 1. The number of ether oxygens (including phenoxy) is 2. The molecule has 2 saturated carbocycles. The van der Waals surface area contributed by atoms with Crippen LogP contribution in [0.1, 0.15) is 57.7 Å². The average molecular weight is 434 g/mol. The molecule has 1 spiro atoms. The number of rotatable bonds is 4. The van der Waals surface area contributed by atoms with Crippen molar-refractivity contribution >= 4 is 24.0 Å². The van der Waals surface area contributed by atoms with E-state index in [-0.39, 0.29) is 17.4 Å². The Morgan fingerprint density at radius 1 is 1.19 bits per heavy atom. The summed E-state index contributed by atoms with van der Waals surface area (Å²) in [5.74, 6) is -0.00803. The van der Waals surface area contributed by atoms with Crippen LogP contribution >= 0.6 is 0 Å². The molecule has 10 heteroatoms. The fraction of sp³-hybridized carbons (Fsp3) is 0.619. The molecule has 3 N–H and O–H groups in total. The largest absolute Gasteiger partial charge is 0.464 e. The lowest BCUT2D eigenvalue weighted by Crippen LogP contribution is -2.58. The molecule has 0 bridgehead atoms. The summed E-state index contributed by atoms with van der Waals surface area (Å²) in [5.41, 5.74) is 3.62. The van der Waals surface area contributed by atoms with Crippen molar-refractivity contribution in [2.75, 3.05) is 7.11 Å². The first-order valence-electron chi connectivity index (χ1n) is 10.3. The number of amides is 2. The third-order valence-electron chi connectivity index (χ3n) is 5.81. The lowest BCUT2D eigenvalue weighted by molar-refractivity contribution is -0.0294. The van der Waals surface area contributed by atoms with E-state index in [0.717, 1.165) is 35.8 Å². The summed E-state index contributed by atoms with van der Waals surface area (Å²) in [5, 5.41) is 16.6. The average Bonchev–Trinajstić information content (AvgIpc) is 2.97. The van der Waals surface area contributed by atoms with Crippen LogP contribution < -0.4 is 10.7 Å². The molecule has 0 atom stereocenters. The maximum absolute atomic E-state index is 12.0. The van der Waals surface area contributed by atoms with E-state index in [4.69, 9.17) is 4.74 Å². The van der Waals surface area contributed by atoms with Gasteiger partial charge in [0.1, 0.15) is 5.60 Å². The van der Waals surface area contributed by atoms with Gasteiger partial charge in [-0.2, -0.15) is 5.10 Å². The Balaban J connectivity index is 1.67. The van der Waals surface area contributed by atoms with Gasteiger partial charge in [-0.05, 0) is 70.4 Å². The number of hydrogen-bond donors (Lipinski definition) is 3. The summed E-state index contributed by atoms with van der Waals surface area (Å²) in [4.78, 5) is 35.1. The molecule has 0 saturated heterocycles. The first-order chi connectivity index (χ1) is 14.4. The second kappa shape index (κ2) is 8.24. The van der Waals surface area contributed by atoms with Gasteiger partial charge >= 0.3 is 18.3 Å². The van der Waals surface area contributed by atoms with Crippen LogP contribution in [0.25, 0.3) is 0 Å². The first kappa shape index (κ1) is 22.6. The number of hydrogen-bond acceptors (Lipinski definition) is 6. The highest BCUT2D eigenvalue weighted by molar-refractivity contribution is 6.05. The lowest BCUT2D eigenvalue weighted by Gasteiger charge is -2.57. The van der Waals surface area contributed by atoms with Gasteiger partial charge in [-0.15, -0.1) is 0 Å². The molecule has 1 aromatic heterocycles. The molecule has 2 fully saturated rings. The predicted molar refractivity (Wildman–Crippen MR) is 112 cm³/mol. The summed E-state index contributed by atoms with van der Waals surface area (Å²) in [6.07, 6.45) is 2.48. The third kappa shape index (κ3) is 5.00. The smallest absolute Gasteiger partial charge is 0.427 e. The molecule has 3 rings (SSSR count). The second-order valence-corrected chi connectivity index (χ2v) is 9.46. The molecule has 10 nitrogen and oxygen atoms in total. The predicted octanol–water partition coefficient (Wildman–Crippen LogP) is 3.47. The fourth-order valence-corrected chi connectivity index (χ4v) is 4.58. The van der Waals surface area contributed by atoms with Crippen molar-refractivity contribution < 1.29 is 29.0 Å². The number of nitrogens with zero attached hydrogens (tertiary/aromatic N) is 2. The SMILES string of the molecule is COC(=O)N/N=C(\c1c(C)ccn1C(=O)O)C1CC2(CC(NC(=O)OC(C)(C)C)C2)C1. The minimum absolute atomic E-state index is 0.00803. The zero-order chi connectivity index (χ0) is 23.0. The van der Waals surface area contributed by atoms with Gasteiger partial charge in [-0.3, -0.25) is 4.57 Å². The van der Waals surface area contributed by atoms with Crippen molar-refractivity contribution in [3.8, 4) is 0 Å². The van der Waals surface area contributed by atoms with E-state index in [1.54, 1.807) is 13.0 Å². The summed E-state index contributed by atoms with van der Waals surface area (Å²) >= 11 is 0. The minimum Gasteiger partial charge on any atom is -0.464 e. The number of aryl methyl sites for hydroxylation is 1. The molecule has 1 heterocycles. The van der Waals surface area contributed by atoms with Gasteiger partial charge in [0.25, 0.3) is 0 Å². The van der Waals surface area contributed by atoms with Gasteiger partial charge in [0.05, 0.1) is 18.5 Å². The number of methoxy groups -OCH3 is 1. The number of hydrazone groups is 1. The van der Waals surface area contributed by atoms with E-state index >= 15 is 0 Å². The van der Waals surface area contributed by atoms with Gasteiger partial charge < -0.3 is 19.9 Å². The number of carbonyl (C=O) groups is 3. The molecule has 0 aliphatic heterocycles. The molecule has 0 aromatic carbocycles. The first-order valence-corrected chi connectivity index (χ1v) is 10.3. The van der Waals surface area contributed by atoms with Crippen molar-refractivity contribution in [2.24, 2.45) is 16.4 Å². The molecule has 170 valence electrons. The highest BCUT2D eigenvalue weighted by Crippen LogP contribution is 2.59. The zero-order valence-electron chi connectivity index (χ0n) is 18.5. The van der Waals surface area contributed by atoms with E-state index in [9.17, 15) is 19.5 Å². The molecule has 2 amide bonds. The Labute approximate surface area is 181 Å². The van der Waals surface area contributed by atoms with E-state index < -0.39 is 23.9 Å². The van der Waals surface area contributed by atoms with E-state index in [1.807, 2.05) is 20.8 Å². The van der Waals surface area contributed by atoms with Crippen molar-refractivity contribution in [2.45, 2.75) is 65.0 Å². The van der Waals surface area contributed by atoms with Gasteiger partial charge in [0.15, 0.2) is 0 Å². The molecule has 31 heavy (non-hydrogen) atoms. The van der Waals surface area contributed by atoms with Crippen LogP contribution in [0.15, 0.2) is 17.4 Å². The van der Waals surface area contributed by atoms with Crippen molar-refractivity contribution in [3.05, 3.63) is 23.5 Å². The second-order valence-electron chi connectivity index (χ2n) is 9.46. The lowest BCUT2D eigenvalue weighted by atomic mass is 9.49. The molecule has 2 aliphatic rings. The van der Waals surface area contributed by atoms with Crippen molar-refractivity contribution in [3.63, 3.8) is 0 Å². The van der Waals surface area contributed by atoms with Gasteiger partial charge in [-0.1, -0.05) is 0 Å². The minimum atomic E-state index is -1.12. The van der Waals surface area contributed by atoms with E-state index in [0.29, 0.717) is 11.4 Å². The van der Waals surface area contributed by atoms with E-state index in [1.165, 1.54) is 13.3 Å². The monoisotopic (exact) mass is 434 g/mol. The van der Waals surface area contributed by atoms with Crippen molar-refractivity contribution in [1.82, 2.24) is 15.3 Å². The number of carboxylic acid groups (broad SMARTS) is 1. The molecule has 1 aromatic rings. The standard InChI is InChI=1S/C21H30N4O6/c1-12-6-7-25(19(28)29)16(12)15(23-24-18(27)30-5)13-8-21(9-13)10-14(11-21)22-17(26)31-20(2,3)4/h6-7,13-14H,8-11H2,1-5H3,(H,22,26)(H,24,27)(H,28,29)/b23-15-. The Hall–Kier alpha value is -3.04. The summed E-state index contributed by atoms with van der Waals surface area (Å²) < 4.78 is 11.0. The van der Waals surface area contributed by atoms with Crippen LogP contribution in [-0.2, 0) is 9.47 Å². The number of nitrogens with one attached hydrogen (secondary N) is 2. The normalized spacial score (nSPS) is 25.3. The topological polar surface area (TPSA) is 131 Å². The van der Waals surface area contributed by atoms with Crippen LogP contribution in [0.3, 0.4) is 0 Å². The number of aromatic nitrogens is 1. The highest BCUT2D eigenvalue weighted by atomic mass is 16.6. The Kier molecular flexibility index (Phi) is 6.02. The van der Waals surface area contributed by atoms with Crippen LogP contribution in [-0.4, -0.2) is 52.4 Å². The van der Waals surface area contributed by atoms with Gasteiger partial charge in [0, 0.05) is 18.2 Å². The molecular formula is C21H30N4O6. The summed E-state index contributed by atoms with van der Waals surface area (Å²) in [7, 11) is 1.24. The van der Waals surface area contributed by atoms with Crippen LogP contribution in [0.4, 0.5) is 14.4 Å². The van der Waals surface area contributed by atoms with Gasteiger partial charge in [-0.25, -0.2) is 19.8 Å². The molecular weight excluding hydrogens is 404 g/mol. The Morgan fingerprint density at radius 3 is 2.39 bits per heavy atom. The number of carbonyl (C=O) groups excluding carboxylic acids is 2. The molecule has 0 radical (unpaired) electrons. The van der Waals surface area contributed by atoms with Crippen LogP contribution in [0, 0.1) is 18.3 Å². The quantitative estimate of drug-likeness (QED) is 0.491. The van der Waals surface area contributed by atoms with Gasteiger partial charge in [0.2, 0.25) is 0 Å². The maximum Gasteiger partial charge on any atom is 0.427 e. The fourth-order valence-electron chi connectivity index (χ4n) is 4.58. The summed E-state index contributed by atoms with van der Waals surface area (Å²) in [6.45, 7) is 7.28. The van der Waals surface area contributed by atoms with Crippen molar-refractivity contribution in [1.29, 1.82) is 0 Å². The Bertz CT molecular complexity index is 899. The maximum atomic E-state index is 12.0. The zero-order valence-corrected chi connectivity index (χ0v) is 18.5. The highest BCUT2D eigenvalue weighted by Gasteiger charge is 2.55. The summed E-state index contributed by atoms with van der Waals surface area (Å²) in [6, 6.07) is 1.77. The molecule has 0 unspecified atom stereocenters. The Morgan fingerprint density at radius 2 is 1.84 bits per heavy atom. The van der Waals surface area contributed by atoms with Crippen LogP contribution in [0.5, 0.6) is 0 Å². The van der Waals surface area contributed by atoms with Crippen LogP contribution in [0.2, 0.25) is 0 Å². The third-order valence-corrected chi connectivity index (χ3v) is 5.81. The molecule has 2 aliphatic carbocycles.